The second-order valence-corrected chi connectivity index (χ2v) is 10.0. The Morgan fingerprint density at radius 2 is 2.20 bits per heavy atom. The number of carbonyl (C=O) groups is 2. The summed E-state index contributed by atoms with van der Waals surface area (Å²) < 4.78 is 6.19. The van der Waals surface area contributed by atoms with Gasteiger partial charge in [0, 0.05) is 23.9 Å². The predicted octanol–water partition coefficient (Wildman–Crippen LogP) is 1.81. The zero-order chi connectivity index (χ0) is 21.4. The van der Waals surface area contributed by atoms with Gasteiger partial charge >= 0.3 is 5.97 Å². The van der Waals surface area contributed by atoms with Crippen molar-refractivity contribution in [2.24, 2.45) is 5.92 Å². The van der Waals surface area contributed by atoms with Crippen molar-refractivity contribution in [1.29, 1.82) is 0 Å². The molecule has 2 saturated heterocycles. The first-order valence-corrected chi connectivity index (χ1v) is 11.3. The van der Waals surface area contributed by atoms with Crippen LogP contribution in [0.1, 0.15) is 18.9 Å². The Kier molecular flexibility index (Phi) is 6.05. The molecule has 0 radical (unpaired) electrons. The van der Waals surface area contributed by atoms with Crippen molar-refractivity contribution >= 4 is 41.1 Å². The fourth-order valence-electron chi connectivity index (χ4n) is 3.63. The zero-order valence-electron chi connectivity index (χ0n) is 16.1. The van der Waals surface area contributed by atoms with Gasteiger partial charge in [-0.3, -0.25) is 19.8 Å². The molecule has 0 aromatic heterocycles. The molecule has 3 aliphatic heterocycles. The van der Waals surface area contributed by atoms with E-state index in [1.165, 1.54) is 40.9 Å². The van der Waals surface area contributed by atoms with E-state index in [0.717, 1.165) is 23.7 Å². The van der Waals surface area contributed by atoms with E-state index < -0.39 is 22.9 Å². The summed E-state index contributed by atoms with van der Waals surface area (Å²) in [6, 6.07) is 5.77. The monoisotopic (exact) mass is 451 g/mol. The summed E-state index contributed by atoms with van der Waals surface area (Å²) >= 11 is 3.00. The predicted molar refractivity (Wildman–Crippen MR) is 112 cm³/mol. The van der Waals surface area contributed by atoms with Crippen LogP contribution in [0.15, 0.2) is 34.2 Å². The normalized spacial score (nSPS) is 26.4. The molecule has 2 N–H and O–H groups in total. The number of nitrogens with one attached hydrogen (secondary N) is 1. The molecular formula is C19H21N3O6S2. The number of hydrogen-bond donors (Lipinski definition) is 2. The van der Waals surface area contributed by atoms with Gasteiger partial charge in [0.15, 0.2) is 5.70 Å². The zero-order valence-corrected chi connectivity index (χ0v) is 17.8. The van der Waals surface area contributed by atoms with E-state index in [4.69, 9.17) is 4.74 Å². The van der Waals surface area contributed by atoms with Gasteiger partial charge in [-0.25, -0.2) is 4.79 Å². The number of carbonyl (C=O) groups excluding carboxylic acids is 2. The van der Waals surface area contributed by atoms with E-state index >= 15 is 0 Å². The molecule has 0 unspecified atom stereocenters. The molecule has 0 spiro atoms. The molecule has 4 atom stereocenters. The molecule has 2 fully saturated rings. The van der Waals surface area contributed by atoms with Gasteiger partial charge in [-0.15, -0.1) is 11.8 Å². The Labute approximate surface area is 181 Å². The van der Waals surface area contributed by atoms with Crippen LogP contribution in [0.5, 0.6) is 0 Å². The number of benzene rings is 1. The number of hydrogen-bond acceptors (Lipinski definition) is 9. The maximum atomic E-state index is 12.9. The van der Waals surface area contributed by atoms with Crippen molar-refractivity contribution in [2.75, 3.05) is 13.1 Å². The summed E-state index contributed by atoms with van der Waals surface area (Å²) in [4.78, 5) is 37.2. The molecule has 1 amide bonds. The van der Waals surface area contributed by atoms with Crippen LogP contribution in [0.2, 0.25) is 0 Å². The van der Waals surface area contributed by atoms with Crippen LogP contribution in [-0.2, 0) is 20.9 Å². The molecule has 4 rings (SSSR count). The number of nitrogens with zero attached hydrogens (tertiary/aromatic N) is 2. The number of β-lactam (4-membered cyclic amide) rings is 1. The summed E-state index contributed by atoms with van der Waals surface area (Å²) in [6.45, 7) is 3.27. The average Bonchev–Trinajstić information content (AvgIpc) is 3.32. The number of fused-ring (bicyclic) bond motifs is 1. The Morgan fingerprint density at radius 3 is 2.80 bits per heavy atom. The van der Waals surface area contributed by atoms with Gasteiger partial charge in [0.2, 0.25) is 5.91 Å². The average molecular weight is 452 g/mol. The van der Waals surface area contributed by atoms with Crippen molar-refractivity contribution in [3.05, 3.63) is 49.9 Å². The van der Waals surface area contributed by atoms with Crippen molar-refractivity contribution in [3.63, 3.8) is 0 Å². The first-order chi connectivity index (χ1) is 14.4. The number of nitro groups is 1. The van der Waals surface area contributed by atoms with Crippen molar-refractivity contribution in [1.82, 2.24) is 10.2 Å². The Balaban J connectivity index is 1.49. The quantitative estimate of drug-likeness (QED) is 0.277. The molecule has 160 valence electrons. The number of amides is 1. The lowest BCUT2D eigenvalue weighted by atomic mass is 9.92. The van der Waals surface area contributed by atoms with Crippen LogP contribution in [0, 0.1) is 16.0 Å². The molecular weight excluding hydrogens is 430 g/mol. The van der Waals surface area contributed by atoms with Crippen molar-refractivity contribution < 1.29 is 24.4 Å². The fraction of sp³-hybridized carbons (Fsp3) is 0.474. The topological polar surface area (TPSA) is 122 Å². The minimum absolute atomic E-state index is 0.0398. The molecule has 0 bridgehead atoms. The maximum Gasteiger partial charge on any atom is 0.357 e. The van der Waals surface area contributed by atoms with Crippen LogP contribution >= 0.6 is 23.5 Å². The maximum absolute atomic E-state index is 12.9. The van der Waals surface area contributed by atoms with Gasteiger partial charge in [0.1, 0.15) is 12.0 Å². The third-order valence-corrected chi connectivity index (χ3v) is 8.14. The molecule has 0 aliphatic carbocycles. The van der Waals surface area contributed by atoms with E-state index in [9.17, 15) is 24.8 Å². The van der Waals surface area contributed by atoms with E-state index in [2.05, 4.69) is 5.32 Å². The van der Waals surface area contributed by atoms with Crippen LogP contribution in [0.4, 0.5) is 5.69 Å². The molecule has 3 aliphatic rings. The van der Waals surface area contributed by atoms with Gasteiger partial charge in [-0.05, 0) is 37.6 Å². The van der Waals surface area contributed by atoms with E-state index in [1.54, 1.807) is 18.7 Å². The van der Waals surface area contributed by atoms with Crippen molar-refractivity contribution in [3.8, 4) is 0 Å². The second-order valence-electron chi connectivity index (χ2n) is 7.35. The molecule has 3 heterocycles. The lowest BCUT2D eigenvalue weighted by molar-refractivity contribution is -0.384. The summed E-state index contributed by atoms with van der Waals surface area (Å²) in [7, 11) is 0. The number of ether oxygens (including phenoxy) is 1. The highest BCUT2D eigenvalue weighted by Gasteiger charge is 2.58. The Bertz CT molecular complexity index is 898. The van der Waals surface area contributed by atoms with Gasteiger partial charge < -0.3 is 15.2 Å². The first-order valence-electron chi connectivity index (χ1n) is 9.56. The number of nitro benzene ring substituents is 1. The van der Waals surface area contributed by atoms with Crippen LogP contribution in [0.3, 0.4) is 0 Å². The Hall–Kier alpha value is -2.08. The molecule has 1 aromatic rings. The number of esters is 1. The highest BCUT2D eigenvalue weighted by molar-refractivity contribution is 8.23. The highest BCUT2D eigenvalue weighted by Crippen LogP contribution is 2.55. The third-order valence-electron chi connectivity index (χ3n) is 5.27. The van der Waals surface area contributed by atoms with Crippen LogP contribution in [0.25, 0.3) is 0 Å². The number of aliphatic hydroxyl groups is 1. The second kappa shape index (κ2) is 8.58. The Morgan fingerprint density at radius 1 is 1.47 bits per heavy atom. The van der Waals surface area contributed by atoms with E-state index in [0.29, 0.717) is 10.8 Å². The minimum atomic E-state index is -0.791. The first kappa shape index (κ1) is 21.2. The molecule has 9 nitrogen and oxygen atoms in total. The van der Waals surface area contributed by atoms with E-state index in [1.807, 2.05) is 0 Å². The summed E-state index contributed by atoms with van der Waals surface area (Å²) in [6.07, 6.45) is 0.180. The number of rotatable bonds is 7. The van der Waals surface area contributed by atoms with Gasteiger partial charge in [-0.1, -0.05) is 11.8 Å². The fourth-order valence-corrected chi connectivity index (χ4v) is 6.91. The molecule has 0 saturated carbocycles. The third kappa shape index (κ3) is 3.94. The van der Waals surface area contributed by atoms with Crippen LogP contribution < -0.4 is 5.32 Å². The number of non-ortho nitro benzene ring substituents is 1. The smallest absolute Gasteiger partial charge is 0.357 e. The highest BCUT2D eigenvalue weighted by atomic mass is 32.2. The lowest BCUT2D eigenvalue weighted by Gasteiger charge is -2.43. The minimum Gasteiger partial charge on any atom is -0.456 e. The largest absolute Gasteiger partial charge is 0.456 e. The van der Waals surface area contributed by atoms with Gasteiger partial charge in [0.05, 0.1) is 21.2 Å². The standard InChI is InChI=1S/C19H21N3O6S2/c1-10(23)14-16(24)21-15(19(30-17(14)21)29-13-6-7-20-8-13)18(25)28-9-11-2-4-12(5-3-11)22(26)27/h2-5,10,13-14,17,20,23H,6-9H2,1H3/t10-,13-,14+,17+/m0/s1. The molecule has 30 heavy (non-hydrogen) atoms. The van der Waals surface area contributed by atoms with Gasteiger partial charge in [0.25, 0.3) is 5.69 Å². The number of aliphatic hydroxyl groups excluding tert-OH is 1. The molecule has 11 heteroatoms. The lowest BCUT2D eigenvalue weighted by Crippen LogP contribution is -2.60. The summed E-state index contributed by atoms with van der Waals surface area (Å²) in [5, 5.41) is 24.0. The van der Waals surface area contributed by atoms with Gasteiger partial charge in [-0.2, -0.15) is 0 Å². The number of thioether (sulfide) groups is 2. The summed E-state index contributed by atoms with van der Waals surface area (Å²) in [5.74, 6) is -1.41. The van der Waals surface area contributed by atoms with Crippen LogP contribution in [-0.4, -0.2) is 56.6 Å². The van der Waals surface area contributed by atoms with Crippen molar-refractivity contribution in [2.45, 2.75) is 36.7 Å². The SMILES string of the molecule is C[C@H](O)[C@@H]1C(=O)N2C(C(=O)OCc3ccc([N+](=O)[O-])cc3)=C(S[C@H]3CCNC3)S[C@H]12. The molecule has 1 aromatic carbocycles. The summed E-state index contributed by atoms with van der Waals surface area (Å²) in [5.41, 5.74) is 0.815. The van der Waals surface area contributed by atoms with E-state index in [-0.39, 0.29) is 29.3 Å².